The zero-order valence-electron chi connectivity index (χ0n) is 11.0. The van der Waals surface area contributed by atoms with Crippen molar-refractivity contribution in [1.82, 2.24) is 4.98 Å². The van der Waals surface area contributed by atoms with Crippen molar-refractivity contribution in [1.29, 1.82) is 0 Å². The first-order valence-corrected chi connectivity index (χ1v) is 7.43. The lowest BCUT2D eigenvalue weighted by Gasteiger charge is -2.07. The Morgan fingerprint density at radius 1 is 1.00 bits per heavy atom. The highest BCUT2D eigenvalue weighted by Gasteiger charge is 2.13. The van der Waals surface area contributed by atoms with E-state index in [1.54, 1.807) is 0 Å². The second kappa shape index (κ2) is 4.46. The van der Waals surface area contributed by atoms with Gasteiger partial charge in [-0.1, -0.05) is 30.3 Å². The molecule has 0 aliphatic rings. The van der Waals surface area contributed by atoms with E-state index in [9.17, 15) is 9.90 Å². The van der Waals surface area contributed by atoms with Gasteiger partial charge in [-0.05, 0) is 34.4 Å². The lowest BCUT2D eigenvalue weighted by Crippen LogP contribution is -2.04. The van der Waals surface area contributed by atoms with E-state index in [1.165, 1.54) is 11.3 Å². The molecule has 0 fully saturated rings. The van der Waals surface area contributed by atoms with Gasteiger partial charge in [0.2, 0.25) is 5.43 Å². The van der Waals surface area contributed by atoms with E-state index in [0.717, 1.165) is 21.2 Å². The van der Waals surface area contributed by atoms with E-state index >= 15 is 0 Å². The molecule has 102 valence electrons. The molecule has 3 nitrogen and oxygen atoms in total. The van der Waals surface area contributed by atoms with Crippen LogP contribution in [-0.4, -0.2) is 10.1 Å². The Morgan fingerprint density at radius 2 is 1.76 bits per heavy atom. The molecule has 0 saturated heterocycles. The number of aromatic amines is 1. The average molecular weight is 293 g/mol. The molecular formula is C17H11NO2S. The summed E-state index contributed by atoms with van der Waals surface area (Å²) in [5, 5.41) is 14.7. The van der Waals surface area contributed by atoms with Crippen LogP contribution in [0.3, 0.4) is 0 Å². The maximum absolute atomic E-state index is 12.4. The van der Waals surface area contributed by atoms with Crippen LogP contribution in [-0.2, 0) is 0 Å². The van der Waals surface area contributed by atoms with Crippen LogP contribution in [0, 0.1) is 0 Å². The quantitative estimate of drug-likeness (QED) is 0.519. The number of thiophene rings is 1. The SMILES string of the molecule is O=c1c(O)c(-c2cccs2)[nH]c2cc3ccccc3cc12. The van der Waals surface area contributed by atoms with E-state index in [0.29, 0.717) is 11.1 Å². The predicted octanol–water partition coefficient (Wildman–Crippen LogP) is 4.12. The Balaban J connectivity index is 2.14. The molecule has 4 rings (SSSR count). The van der Waals surface area contributed by atoms with Crippen molar-refractivity contribution in [3.63, 3.8) is 0 Å². The molecule has 0 spiro atoms. The first-order chi connectivity index (χ1) is 10.2. The number of aromatic hydroxyl groups is 1. The van der Waals surface area contributed by atoms with Gasteiger partial charge in [-0.3, -0.25) is 4.79 Å². The van der Waals surface area contributed by atoms with E-state index in [-0.39, 0.29) is 11.2 Å². The van der Waals surface area contributed by atoms with Gasteiger partial charge in [0.15, 0.2) is 5.75 Å². The fourth-order valence-corrected chi connectivity index (χ4v) is 3.29. The molecule has 0 aliphatic heterocycles. The van der Waals surface area contributed by atoms with Crippen LogP contribution in [0.1, 0.15) is 0 Å². The summed E-state index contributed by atoms with van der Waals surface area (Å²) in [6.45, 7) is 0. The predicted molar refractivity (Wildman–Crippen MR) is 87.1 cm³/mol. The molecule has 4 aromatic rings. The molecule has 0 atom stereocenters. The lowest BCUT2D eigenvalue weighted by molar-refractivity contribution is 0.471. The van der Waals surface area contributed by atoms with Gasteiger partial charge in [-0.25, -0.2) is 0 Å². The molecule has 2 aromatic carbocycles. The van der Waals surface area contributed by atoms with Gasteiger partial charge in [0.1, 0.15) is 5.69 Å². The molecule has 2 heterocycles. The van der Waals surface area contributed by atoms with E-state index in [4.69, 9.17) is 0 Å². The summed E-state index contributed by atoms with van der Waals surface area (Å²) in [4.78, 5) is 16.5. The molecular weight excluding hydrogens is 282 g/mol. The second-order valence-corrected chi connectivity index (χ2v) is 5.85. The Hall–Kier alpha value is -2.59. The number of hydrogen-bond donors (Lipinski definition) is 2. The number of nitrogens with one attached hydrogen (secondary N) is 1. The fourth-order valence-electron chi connectivity index (χ4n) is 2.57. The minimum Gasteiger partial charge on any atom is -0.503 e. The van der Waals surface area contributed by atoms with E-state index < -0.39 is 0 Å². The van der Waals surface area contributed by atoms with Crippen LogP contribution in [0.15, 0.2) is 58.7 Å². The van der Waals surface area contributed by atoms with Crippen molar-refractivity contribution in [2.24, 2.45) is 0 Å². The number of H-pyrrole nitrogens is 1. The molecule has 21 heavy (non-hydrogen) atoms. The molecule has 0 unspecified atom stereocenters. The first-order valence-electron chi connectivity index (χ1n) is 6.55. The number of aromatic nitrogens is 1. The number of fused-ring (bicyclic) bond motifs is 2. The van der Waals surface area contributed by atoms with Gasteiger partial charge in [0, 0.05) is 0 Å². The van der Waals surface area contributed by atoms with Crippen LogP contribution in [0.5, 0.6) is 5.75 Å². The summed E-state index contributed by atoms with van der Waals surface area (Å²) >= 11 is 1.48. The second-order valence-electron chi connectivity index (χ2n) is 4.90. The highest BCUT2D eigenvalue weighted by molar-refractivity contribution is 7.13. The Labute approximate surface area is 124 Å². The monoisotopic (exact) mass is 293 g/mol. The average Bonchev–Trinajstić information content (AvgIpc) is 3.03. The summed E-state index contributed by atoms with van der Waals surface area (Å²) in [7, 11) is 0. The Kier molecular flexibility index (Phi) is 2.59. The summed E-state index contributed by atoms with van der Waals surface area (Å²) in [6, 6.07) is 15.4. The van der Waals surface area contributed by atoms with Crippen LogP contribution in [0.25, 0.3) is 32.2 Å². The van der Waals surface area contributed by atoms with Crippen molar-refractivity contribution in [2.45, 2.75) is 0 Å². The molecule has 2 aromatic heterocycles. The minimum absolute atomic E-state index is 0.222. The van der Waals surface area contributed by atoms with Crippen molar-refractivity contribution >= 4 is 33.0 Å². The topological polar surface area (TPSA) is 53.1 Å². The van der Waals surface area contributed by atoms with Crippen molar-refractivity contribution in [2.75, 3.05) is 0 Å². The third-order valence-electron chi connectivity index (χ3n) is 3.61. The largest absolute Gasteiger partial charge is 0.503 e. The summed E-state index contributed by atoms with van der Waals surface area (Å²) < 4.78 is 0. The number of pyridine rings is 1. The van der Waals surface area contributed by atoms with Crippen LogP contribution < -0.4 is 5.43 Å². The van der Waals surface area contributed by atoms with E-state index in [2.05, 4.69) is 4.98 Å². The minimum atomic E-state index is -0.335. The van der Waals surface area contributed by atoms with E-state index in [1.807, 2.05) is 53.9 Å². The summed E-state index contributed by atoms with van der Waals surface area (Å²) in [5.41, 5.74) is 0.885. The van der Waals surface area contributed by atoms with Gasteiger partial charge in [-0.2, -0.15) is 0 Å². The highest BCUT2D eigenvalue weighted by atomic mass is 32.1. The Bertz CT molecular complexity index is 1020. The third kappa shape index (κ3) is 1.84. The zero-order valence-corrected chi connectivity index (χ0v) is 11.8. The lowest BCUT2D eigenvalue weighted by atomic mass is 10.1. The molecule has 0 aliphatic carbocycles. The van der Waals surface area contributed by atoms with Crippen LogP contribution in [0.2, 0.25) is 0 Å². The Morgan fingerprint density at radius 3 is 2.48 bits per heavy atom. The molecule has 0 amide bonds. The molecule has 0 saturated carbocycles. The van der Waals surface area contributed by atoms with Crippen molar-refractivity contribution in [3.8, 4) is 16.3 Å². The number of benzene rings is 2. The first kappa shape index (κ1) is 12.2. The summed E-state index contributed by atoms with van der Waals surface area (Å²) in [6.07, 6.45) is 0. The number of rotatable bonds is 1. The summed E-state index contributed by atoms with van der Waals surface area (Å²) in [5.74, 6) is -0.222. The van der Waals surface area contributed by atoms with Crippen LogP contribution >= 0.6 is 11.3 Å². The van der Waals surface area contributed by atoms with Crippen molar-refractivity contribution in [3.05, 3.63) is 64.1 Å². The smallest absolute Gasteiger partial charge is 0.231 e. The van der Waals surface area contributed by atoms with Crippen molar-refractivity contribution < 1.29 is 5.11 Å². The molecule has 0 bridgehead atoms. The van der Waals surface area contributed by atoms with Gasteiger partial charge in [-0.15, -0.1) is 11.3 Å². The molecule has 4 heteroatoms. The molecule has 0 radical (unpaired) electrons. The standard InChI is InChI=1S/C17H11NO2S/c19-16-12-8-10-4-1-2-5-11(10)9-13(12)18-15(17(16)20)14-6-3-7-21-14/h1-9,20H,(H,18,19). The zero-order chi connectivity index (χ0) is 14.4. The van der Waals surface area contributed by atoms with Gasteiger partial charge in [0.05, 0.1) is 15.8 Å². The van der Waals surface area contributed by atoms with Crippen LogP contribution in [0.4, 0.5) is 0 Å². The fraction of sp³-hybridized carbons (Fsp3) is 0. The van der Waals surface area contributed by atoms with Gasteiger partial charge >= 0.3 is 0 Å². The molecule has 2 N–H and O–H groups in total. The number of hydrogen-bond acceptors (Lipinski definition) is 3. The highest BCUT2D eigenvalue weighted by Crippen LogP contribution is 2.31. The maximum Gasteiger partial charge on any atom is 0.231 e. The maximum atomic E-state index is 12.4. The normalized spacial score (nSPS) is 11.2. The third-order valence-corrected chi connectivity index (χ3v) is 4.50. The van der Waals surface area contributed by atoms with Gasteiger partial charge in [0.25, 0.3) is 0 Å². The van der Waals surface area contributed by atoms with Gasteiger partial charge < -0.3 is 10.1 Å².